The summed E-state index contributed by atoms with van der Waals surface area (Å²) in [5.41, 5.74) is -0.405. The molecule has 1 fully saturated rings. The minimum absolute atomic E-state index is 0.0292. The van der Waals surface area contributed by atoms with Crippen LogP contribution in [0, 0.1) is 17.3 Å². The van der Waals surface area contributed by atoms with Gasteiger partial charge >= 0.3 is 5.97 Å². The maximum atomic E-state index is 12.7. The van der Waals surface area contributed by atoms with Crippen LogP contribution in [0.1, 0.15) is 66.7 Å². The van der Waals surface area contributed by atoms with Gasteiger partial charge in [-0.1, -0.05) is 34.6 Å². The summed E-state index contributed by atoms with van der Waals surface area (Å²) < 4.78 is 11.6. The summed E-state index contributed by atoms with van der Waals surface area (Å²) in [7, 11) is 0. The van der Waals surface area contributed by atoms with Gasteiger partial charge in [0.05, 0.1) is 18.1 Å². The van der Waals surface area contributed by atoms with Gasteiger partial charge in [0.1, 0.15) is 0 Å². The standard InChI is InChI=1S/C17H32O3/c1-6-10-19-15-8-7-9-17(15,11-13(2)3)16(18)20-12-14(4)5/h13-15H,6-12H2,1-5H3. The van der Waals surface area contributed by atoms with Crippen LogP contribution in [-0.2, 0) is 14.3 Å². The van der Waals surface area contributed by atoms with Crippen molar-refractivity contribution in [2.45, 2.75) is 72.8 Å². The summed E-state index contributed by atoms with van der Waals surface area (Å²) in [5, 5.41) is 0. The Morgan fingerprint density at radius 3 is 2.50 bits per heavy atom. The summed E-state index contributed by atoms with van der Waals surface area (Å²) in [4.78, 5) is 12.7. The molecule has 0 radical (unpaired) electrons. The Labute approximate surface area is 124 Å². The van der Waals surface area contributed by atoms with Gasteiger partial charge in [0.2, 0.25) is 0 Å². The second-order valence-corrected chi connectivity index (χ2v) is 7.00. The fourth-order valence-electron chi connectivity index (χ4n) is 3.21. The van der Waals surface area contributed by atoms with E-state index in [0.717, 1.165) is 38.7 Å². The van der Waals surface area contributed by atoms with E-state index in [-0.39, 0.29) is 12.1 Å². The second-order valence-electron chi connectivity index (χ2n) is 7.00. The van der Waals surface area contributed by atoms with Gasteiger partial charge in [-0.3, -0.25) is 4.79 Å². The predicted molar refractivity (Wildman–Crippen MR) is 81.6 cm³/mol. The maximum Gasteiger partial charge on any atom is 0.314 e. The fraction of sp³-hybridized carbons (Fsp3) is 0.941. The topological polar surface area (TPSA) is 35.5 Å². The second kappa shape index (κ2) is 8.02. The van der Waals surface area contributed by atoms with Crippen molar-refractivity contribution in [1.29, 1.82) is 0 Å². The van der Waals surface area contributed by atoms with Crippen molar-refractivity contribution in [3.8, 4) is 0 Å². The molecule has 3 nitrogen and oxygen atoms in total. The molecule has 0 spiro atoms. The van der Waals surface area contributed by atoms with Crippen molar-refractivity contribution in [2.24, 2.45) is 17.3 Å². The quantitative estimate of drug-likeness (QED) is 0.627. The maximum absolute atomic E-state index is 12.7. The van der Waals surface area contributed by atoms with Crippen molar-refractivity contribution >= 4 is 5.97 Å². The van der Waals surface area contributed by atoms with E-state index < -0.39 is 5.41 Å². The minimum atomic E-state index is -0.405. The molecule has 0 aromatic rings. The molecule has 0 aliphatic heterocycles. The zero-order chi connectivity index (χ0) is 15.2. The molecule has 1 aliphatic rings. The highest BCUT2D eigenvalue weighted by Gasteiger charge is 2.51. The van der Waals surface area contributed by atoms with Crippen LogP contribution in [0.3, 0.4) is 0 Å². The van der Waals surface area contributed by atoms with Gasteiger partial charge in [-0.05, 0) is 43.9 Å². The molecule has 1 rings (SSSR count). The van der Waals surface area contributed by atoms with Crippen molar-refractivity contribution in [3.05, 3.63) is 0 Å². The highest BCUT2D eigenvalue weighted by molar-refractivity contribution is 5.78. The third-order valence-corrected chi connectivity index (χ3v) is 3.96. The van der Waals surface area contributed by atoms with E-state index in [2.05, 4.69) is 34.6 Å². The van der Waals surface area contributed by atoms with Crippen molar-refractivity contribution in [2.75, 3.05) is 13.2 Å². The van der Waals surface area contributed by atoms with E-state index in [0.29, 0.717) is 18.4 Å². The number of esters is 1. The third-order valence-electron chi connectivity index (χ3n) is 3.96. The third kappa shape index (κ3) is 4.47. The zero-order valence-electron chi connectivity index (χ0n) is 13.9. The van der Waals surface area contributed by atoms with Crippen molar-refractivity contribution < 1.29 is 14.3 Å². The van der Waals surface area contributed by atoms with Gasteiger partial charge in [-0.2, -0.15) is 0 Å². The molecule has 0 heterocycles. The summed E-state index contributed by atoms with van der Waals surface area (Å²) in [6.45, 7) is 11.8. The number of carbonyl (C=O) groups is 1. The lowest BCUT2D eigenvalue weighted by molar-refractivity contribution is -0.167. The van der Waals surface area contributed by atoms with Crippen LogP contribution in [0.15, 0.2) is 0 Å². The lowest BCUT2D eigenvalue weighted by atomic mass is 9.76. The summed E-state index contributed by atoms with van der Waals surface area (Å²) in [6, 6.07) is 0. The Hall–Kier alpha value is -0.570. The molecule has 3 heteroatoms. The molecule has 0 aromatic heterocycles. The van der Waals surface area contributed by atoms with Gasteiger partial charge < -0.3 is 9.47 Å². The van der Waals surface area contributed by atoms with Gasteiger partial charge in [-0.25, -0.2) is 0 Å². The van der Waals surface area contributed by atoms with E-state index in [1.54, 1.807) is 0 Å². The molecule has 0 bridgehead atoms. The molecule has 0 aromatic carbocycles. The highest BCUT2D eigenvalue weighted by Crippen LogP contribution is 2.46. The van der Waals surface area contributed by atoms with E-state index in [9.17, 15) is 4.79 Å². The van der Waals surface area contributed by atoms with E-state index in [1.807, 2.05) is 0 Å². The summed E-state index contributed by atoms with van der Waals surface area (Å²) in [6.07, 6.45) is 4.88. The first-order chi connectivity index (χ1) is 9.42. The minimum Gasteiger partial charge on any atom is -0.465 e. The number of hydrogen-bond acceptors (Lipinski definition) is 3. The smallest absolute Gasteiger partial charge is 0.314 e. The average Bonchev–Trinajstić information content (AvgIpc) is 2.76. The molecule has 118 valence electrons. The van der Waals surface area contributed by atoms with E-state index in [1.165, 1.54) is 0 Å². The number of ether oxygens (including phenoxy) is 2. The largest absolute Gasteiger partial charge is 0.465 e. The molecular weight excluding hydrogens is 252 g/mol. The Bertz CT molecular complexity index is 299. The summed E-state index contributed by atoms with van der Waals surface area (Å²) >= 11 is 0. The van der Waals surface area contributed by atoms with Crippen LogP contribution in [0.2, 0.25) is 0 Å². The van der Waals surface area contributed by atoms with Gasteiger partial charge in [0, 0.05) is 6.61 Å². The lowest BCUT2D eigenvalue weighted by Crippen LogP contribution is -2.42. The molecule has 20 heavy (non-hydrogen) atoms. The molecule has 0 saturated heterocycles. The molecule has 2 unspecified atom stereocenters. The number of carbonyl (C=O) groups excluding carboxylic acids is 1. The first-order valence-electron chi connectivity index (χ1n) is 8.21. The Morgan fingerprint density at radius 2 is 1.95 bits per heavy atom. The van der Waals surface area contributed by atoms with E-state index in [4.69, 9.17) is 9.47 Å². The average molecular weight is 284 g/mol. The SMILES string of the molecule is CCCOC1CCCC1(CC(C)C)C(=O)OCC(C)C. The summed E-state index contributed by atoms with van der Waals surface area (Å²) in [5.74, 6) is 0.831. The first kappa shape index (κ1) is 17.5. The van der Waals surface area contributed by atoms with Crippen LogP contribution in [0.25, 0.3) is 0 Å². The fourth-order valence-corrected chi connectivity index (χ4v) is 3.21. The monoisotopic (exact) mass is 284 g/mol. The van der Waals surface area contributed by atoms with Gasteiger partial charge in [0.25, 0.3) is 0 Å². The lowest BCUT2D eigenvalue weighted by Gasteiger charge is -2.34. The normalized spacial score (nSPS) is 26.4. The molecule has 0 amide bonds. The molecule has 0 N–H and O–H groups in total. The van der Waals surface area contributed by atoms with Crippen LogP contribution >= 0.6 is 0 Å². The van der Waals surface area contributed by atoms with Gasteiger partial charge in [-0.15, -0.1) is 0 Å². The van der Waals surface area contributed by atoms with Crippen LogP contribution < -0.4 is 0 Å². The highest BCUT2D eigenvalue weighted by atomic mass is 16.5. The van der Waals surface area contributed by atoms with Crippen LogP contribution in [-0.4, -0.2) is 25.3 Å². The zero-order valence-corrected chi connectivity index (χ0v) is 13.9. The number of hydrogen-bond donors (Lipinski definition) is 0. The van der Waals surface area contributed by atoms with Gasteiger partial charge in [0.15, 0.2) is 0 Å². The van der Waals surface area contributed by atoms with E-state index >= 15 is 0 Å². The predicted octanol–water partition coefficient (Wildman–Crippen LogP) is 4.20. The molecule has 1 aliphatic carbocycles. The van der Waals surface area contributed by atoms with Crippen molar-refractivity contribution in [3.63, 3.8) is 0 Å². The Morgan fingerprint density at radius 1 is 1.25 bits per heavy atom. The number of rotatable bonds is 8. The Kier molecular flexibility index (Phi) is 7.01. The van der Waals surface area contributed by atoms with Crippen LogP contribution in [0.4, 0.5) is 0 Å². The molecular formula is C17H32O3. The molecule has 2 atom stereocenters. The van der Waals surface area contributed by atoms with Crippen molar-refractivity contribution in [1.82, 2.24) is 0 Å². The van der Waals surface area contributed by atoms with Crippen LogP contribution in [0.5, 0.6) is 0 Å². The first-order valence-corrected chi connectivity index (χ1v) is 8.21. The molecule has 1 saturated carbocycles. The Balaban J connectivity index is 2.81.